The molecule has 138 valence electrons. The molecule has 0 saturated carbocycles. The summed E-state index contributed by atoms with van der Waals surface area (Å²) < 4.78 is 15.9. The molecule has 1 amide bonds. The van der Waals surface area contributed by atoms with Gasteiger partial charge in [-0.05, 0) is 36.8 Å². The van der Waals surface area contributed by atoms with Crippen molar-refractivity contribution in [2.24, 2.45) is 0 Å². The van der Waals surface area contributed by atoms with Gasteiger partial charge in [-0.15, -0.1) is 0 Å². The predicted octanol–water partition coefficient (Wildman–Crippen LogP) is 2.65. The van der Waals surface area contributed by atoms with Gasteiger partial charge < -0.3 is 24.5 Å². The van der Waals surface area contributed by atoms with Crippen LogP contribution in [0.4, 0.5) is 5.95 Å². The molecule has 8 nitrogen and oxygen atoms in total. The smallest absolute Gasteiger partial charge is 0.255 e. The molecule has 3 aromatic rings. The number of hydrogen-bond acceptors (Lipinski definition) is 7. The molecule has 0 aliphatic carbocycles. The molecular formula is C19H18N4O4. The lowest BCUT2D eigenvalue weighted by Crippen LogP contribution is -2.24. The zero-order valence-corrected chi connectivity index (χ0v) is 14.7. The molecule has 3 heterocycles. The molecule has 1 aliphatic heterocycles. The molecule has 0 atom stereocenters. The van der Waals surface area contributed by atoms with Gasteiger partial charge in [0, 0.05) is 12.7 Å². The fourth-order valence-electron chi connectivity index (χ4n) is 2.68. The van der Waals surface area contributed by atoms with Crippen LogP contribution in [0.15, 0.2) is 47.2 Å². The highest BCUT2D eigenvalue weighted by Gasteiger charge is 2.14. The van der Waals surface area contributed by atoms with Gasteiger partial charge >= 0.3 is 0 Å². The lowest BCUT2D eigenvalue weighted by atomic mass is 10.2. The van der Waals surface area contributed by atoms with Gasteiger partial charge in [0.25, 0.3) is 5.91 Å². The number of furan rings is 1. The first-order valence-corrected chi connectivity index (χ1v) is 8.45. The molecule has 2 aromatic heterocycles. The van der Waals surface area contributed by atoms with Crippen molar-refractivity contribution >= 4 is 11.9 Å². The van der Waals surface area contributed by atoms with Crippen LogP contribution in [0, 0.1) is 6.92 Å². The van der Waals surface area contributed by atoms with E-state index in [9.17, 15) is 4.79 Å². The van der Waals surface area contributed by atoms with Crippen LogP contribution in [0.2, 0.25) is 0 Å². The number of carbonyl (C=O) groups excluding carboxylic acids is 1. The van der Waals surface area contributed by atoms with Crippen LogP contribution in [-0.2, 0) is 13.1 Å². The SMILES string of the molecule is Cc1nc(NCc2ccc3c(c2)OCO3)ncc1C(=O)NCc1ccco1. The summed E-state index contributed by atoms with van der Waals surface area (Å²) in [4.78, 5) is 20.9. The van der Waals surface area contributed by atoms with Crippen LogP contribution in [0.25, 0.3) is 0 Å². The molecule has 0 radical (unpaired) electrons. The van der Waals surface area contributed by atoms with Crippen molar-refractivity contribution in [1.82, 2.24) is 15.3 Å². The minimum atomic E-state index is -0.244. The Balaban J connectivity index is 1.37. The predicted molar refractivity (Wildman–Crippen MR) is 96.5 cm³/mol. The average molecular weight is 366 g/mol. The van der Waals surface area contributed by atoms with E-state index >= 15 is 0 Å². The summed E-state index contributed by atoms with van der Waals surface area (Å²) in [7, 11) is 0. The standard InChI is InChI=1S/C19H18N4O4/c1-12-15(18(24)20-9-14-3-2-6-25-14)10-22-19(23-12)21-8-13-4-5-16-17(7-13)27-11-26-16/h2-7,10H,8-9,11H2,1H3,(H,20,24)(H,21,22,23). The maximum absolute atomic E-state index is 12.3. The summed E-state index contributed by atoms with van der Waals surface area (Å²) in [6, 6.07) is 9.31. The summed E-state index contributed by atoms with van der Waals surface area (Å²) in [5, 5.41) is 5.93. The van der Waals surface area contributed by atoms with Gasteiger partial charge in [-0.3, -0.25) is 4.79 Å². The van der Waals surface area contributed by atoms with Crippen molar-refractivity contribution in [1.29, 1.82) is 0 Å². The quantitative estimate of drug-likeness (QED) is 0.692. The van der Waals surface area contributed by atoms with E-state index in [2.05, 4.69) is 20.6 Å². The second-order valence-electron chi connectivity index (χ2n) is 6.00. The minimum Gasteiger partial charge on any atom is -0.467 e. The van der Waals surface area contributed by atoms with Gasteiger partial charge in [0.15, 0.2) is 11.5 Å². The van der Waals surface area contributed by atoms with Gasteiger partial charge in [-0.2, -0.15) is 0 Å². The molecule has 1 aromatic carbocycles. The number of aryl methyl sites for hydroxylation is 1. The van der Waals surface area contributed by atoms with E-state index < -0.39 is 0 Å². The first-order valence-electron chi connectivity index (χ1n) is 8.45. The zero-order valence-electron chi connectivity index (χ0n) is 14.7. The lowest BCUT2D eigenvalue weighted by Gasteiger charge is -2.09. The number of hydrogen-bond donors (Lipinski definition) is 2. The van der Waals surface area contributed by atoms with Gasteiger partial charge in [-0.25, -0.2) is 9.97 Å². The molecule has 0 saturated heterocycles. The number of ether oxygens (including phenoxy) is 2. The normalized spacial score (nSPS) is 12.0. The van der Waals surface area contributed by atoms with Gasteiger partial charge in [0.2, 0.25) is 12.7 Å². The van der Waals surface area contributed by atoms with E-state index in [1.54, 1.807) is 25.3 Å². The summed E-state index contributed by atoms with van der Waals surface area (Å²) in [6.07, 6.45) is 3.08. The molecule has 8 heteroatoms. The zero-order chi connectivity index (χ0) is 18.6. The maximum Gasteiger partial charge on any atom is 0.255 e. The highest BCUT2D eigenvalue weighted by atomic mass is 16.7. The van der Waals surface area contributed by atoms with Crippen LogP contribution in [-0.4, -0.2) is 22.7 Å². The van der Waals surface area contributed by atoms with E-state index in [4.69, 9.17) is 13.9 Å². The summed E-state index contributed by atoms with van der Waals surface area (Å²) in [5.74, 6) is 2.37. The van der Waals surface area contributed by atoms with Crippen molar-refractivity contribution in [3.8, 4) is 11.5 Å². The van der Waals surface area contributed by atoms with Crippen LogP contribution in [0.3, 0.4) is 0 Å². The van der Waals surface area contributed by atoms with Crippen LogP contribution in [0.5, 0.6) is 11.5 Å². The molecule has 2 N–H and O–H groups in total. The van der Waals surface area contributed by atoms with Crippen molar-refractivity contribution in [2.75, 3.05) is 12.1 Å². The Kier molecular flexibility index (Phi) is 4.61. The van der Waals surface area contributed by atoms with Gasteiger partial charge in [0.05, 0.1) is 24.1 Å². The molecule has 0 fully saturated rings. The molecule has 1 aliphatic rings. The van der Waals surface area contributed by atoms with Crippen LogP contribution < -0.4 is 20.1 Å². The molecule has 0 bridgehead atoms. The van der Waals surface area contributed by atoms with E-state index in [-0.39, 0.29) is 12.7 Å². The van der Waals surface area contributed by atoms with Crippen LogP contribution >= 0.6 is 0 Å². The summed E-state index contributed by atoms with van der Waals surface area (Å²) in [6.45, 7) is 2.86. The molecular weight excluding hydrogens is 348 g/mol. The van der Waals surface area contributed by atoms with Crippen molar-refractivity contribution in [3.63, 3.8) is 0 Å². The van der Waals surface area contributed by atoms with Crippen molar-refractivity contribution < 1.29 is 18.7 Å². The molecule has 4 rings (SSSR count). The third-order valence-electron chi connectivity index (χ3n) is 4.11. The highest BCUT2D eigenvalue weighted by molar-refractivity contribution is 5.94. The van der Waals surface area contributed by atoms with Crippen molar-refractivity contribution in [2.45, 2.75) is 20.0 Å². The number of nitrogens with zero attached hydrogens (tertiary/aromatic N) is 2. The van der Waals surface area contributed by atoms with E-state index in [0.29, 0.717) is 36.1 Å². The number of rotatable bonds is 6. The Morgan fingerprint density at radius 2 is 2.07 bits per heavy atom. The highest BCUT2D eigenvalue weighted by Crippen LogP contribution is 2.32. The first-order chi connectivity index (χ1) is 13.2. The summed E-state index contributed by atoms with van der Waals surface area (Å²) >= 11 is 0. The Labute approximate surface area is 155 Å². The second kappa shape index (κ2) is 7.36. The fourth-order valence-corrected chi connectivity index (χ4v) is 2.68. The van der Waals surface area contributed by atoms with E-state index in [1.165, 1.54) is 6.20 Å². The lowest BCUT2D eigenvalue weighted by molar-refractivity contribution is 0.0946. The van der Waals surface area contributed by atoms with E-state index in [0.717, 1.165) is 17.1 Å². The fraction of sp³-hybridized carbons (Fsp3) is 0.211. The Hall–Kier alpha value is -3.55. The molecule has 0 spiro atoms. The third kappa shape index (κ3) is 3.84. The number of aromatic nitrogens is 2. The maximum atomic E-state index is 12.3. The monoisotopic (exact) mass is 366 g/mol. The third-order valence-corrected chi connectivity index (χ3v) is 4.11. The molecule has 0 unspecified atom stereocenters. The Morgan fingerprint density at radius 1 is 1.19 bits per heavy atom. The average Bonchev–Trinajstić information content (AvgIpc) is 3.35. The van der Waals surface area contributed by atoms with Gasteiger partial charge in [-0.1, -0.05) is 6.07 Å². The Bertz CT molecular complexity index is 956. The number of amides is 1. The molecule has 27 heavy (non-hydrogen) atoms. The van der Waals surface area contributed by atoms with Crippen molar-refractivity contribution in [3.05, 3.63) is 65.4 Å². The van der Waals surface area contributed by atoms with Gasteiger partial charge in [0.1, 0.15) is 5.76 Å². The minimum absolute atomic E-state index is 0.244. The second-order valence-corrected chi connectivity index (χ2v) is 6.00. The Morgan fingerprint density at radius 3 is 2.89 bits per heavy atom. The summed E-state index contributed by atoms with van der Waals surface area (Å²) in [5.41, 5.74) is 2.03. The largest absolute Gasteiger partial charge is 0.467 e. The number of fused-ring (bicyclic) bond motifs is 1. The van der Waals surface area contributed by atoms with E-state index in [1.807, 2.05) is 18.2 Å². The number of anilines is 1. The first kappa shape index (κ1) is 16.9. The number of benzene rings is 1. The number of carbonyl (C=O) groups is 1. The number of nitrogens with one attached hydrogen (secondary N) is 2. The van der Waals surface area contributed by atoms with Crippen LogP contribution in [0.1, 0.15) is 27.4 Å². The topological polar surface area (TPSA) is 98.5 Å².